The van der Waals surface area contributed by atoms with Crippen LogP contribution in [0.25, 0.3) is 0 Å². The van der Waals surface area contributed by atoms with Gasteiger partial charge < -0.3 is 14.8 Å². The number of carbonyl (C=O) groups is 2. The highest BCUT2D eigenvalue weighted by molar-refractivity contribution is 5.95. The number of alkyl carbamates (subject to hydrolysis) is 1. The molecule has 1 amide bonds. The van der Waals surface area contributed by atoms with E-state index in [1.165, 1.54) is 19.3 Å². The average molecular weight is 311 g/mol. The van der Waals surface area contributed by atoms with Crippen molar-refractivity contribution in [3.05, 3.63) is 0 Å². The standard InChI is InChI=1S/C17H29NO4/c1-16(2,3)22-15(20)18-13(14(19)17(4)11-21-17)10-12-8-6-5-7-9-12/h12-13H,5-11H2,1-4H3,(H,18,20). The molecule has 2 atom stereocenters. The molecule has 0 bridgehead atoms. The van der Waals surface area contributed by atoms with E-state index in [1.54, 1.807) is 6.92 Å². The third-order valence-corrected chi connectivity index (χ3v) is 4.40. The first kappa shape index (κ1) is 17.3. The Morgan fingerprint density at radius 1 is 1.27 bits per heavy atom. The molecule has 0 aromatic heterocycles. The van der Waals surface area contributed by atoms with Gasteiger partial charge in [0, 0.05) is 0 Å². The summed E-state index contributed by atoms with van der Waals surface area (Å²) in [5.41, 5.74) is -1.28. The van der Waals surface area contributed by atoms with Gasteiger partial charge in [-0.05, 0) is 40.0 Å². The fourth-order valence-electron chi connectivity index (χ4n) is 3.06. The molecule has 1 saturated carbocycles. The number of amides is 1. The molecule has 2 unspecified atom stereocenters. The lowest BCUT2D eigenvalue weighted by atomic mass is 9.82. The minimum absolute atomic E-state index is 0.0241. The molecule has 0 radical (unpaired) electrons. The number of Topliss-reactive ketones (excluding diaryl/α,β-unsaturated/α-hetero) is 1. The molecule has 2 aliphatic rings. The molecule has 1 heterocycles. The third kappa shape index (κ3) is 4.97. The Balaban J connectivity index is 1.97. The number of ether oxygens (including phenoxy) is 2. The maximum Gasteiger partial charge on any atom is 0.408 e. The van der Waals surface area contributed by atoms with Gasteiger partial charge in [0.05, 0.1) is 12.6 Å². The molecule has 1 aliphatic heterocycles. The van der Waals surface area contributed by atoms with Crippen LogP contribution in [0.5, 0.6) is 0 Å². The number of hydrogen-bond donors (Lipinski definition) is 1. The number of rotatable bonds is 5. The molecule has 0 aromatic carbocycles. The Bertz CT molecular complexity index is 417. The summed E-state index contributed by atoms with van der Waals surface area (Å²) in [6, 6.07) is -0.509. The van der Waals surface area contributed by atoms with Gasteiger partial charge in [-0.3, -0.25) is 4.79 Å². The van der Waals surface area contributed by atoms with E-state index >= 15 is 0 Å². The Kier molecular flexibility index (Phi) is 5.15. The third-order valence-electron chi connectivity index (χ3n) is 4.40. The van der Waals surface area contributed by atoms with Crippen LogP contribution in [0.1, 0.15) is 66.2 Å². The smallest absolute Gasteiger partial charge is 0.408 e. The lowest BCUT2D eigenvalue weighted by Gasteiger charge is -2.28. The monoisotopic (exact) mass is 311 g/mol. The van der Waals surface area contributed by atoms with Crippen LogP contribution < -0.4 is 5.32 Å². The second-order valence-electron chi connectivity index (χ2n) is 7.82. The van der Waals surface area contributed by atoms with Crippen molar-refractivity contribution < 1.29 is 19.1 Å². The molecule has 2 rings (SSSR count). The van der Waals surface area contributed by atoms with Gasteiger partial charge in [-0.1, -0.05) is 32.1 Å². The van der Waals surface area contributed by atoms with Crippen molar-refractivity contribution in [2.45, 2.75) is 83.5 Å². The Morgan fingerprint density at radius 2 is 1.86 bits per heavy atom. The number of carbonyl (C=O) groups excluding carboxylic acids is 2. The van der Waals surface area contributed by atoms with Gasteiger partial charge in [0.25, 0.3) is 0 Å². The van der Waals surface area contributed by atoms with Crippen molar-refractivity contribution in [2.24, 2.45) is 5.92 Å². The molecule has 1 saturated heterocycles. The predicted molar refractivity (Wildman–Crippen MR) is 83.7 cm³/mol. The largest absolute Gasteiger partial charge is 0.444 e. The van der Waals surface area contributed by atoms with Crippen LogP contribution in [0.3, 0.4) is 0 Å². The molecule has 1 N–H and O–H groups in total. The molecular weight excluding hydrogens is 282 g/mol. The summed E-state index contributed by atoms with van der Waals surface area (Å²) in [6.45, 7) is 7.69. The van der Waals surface area contributed by atoms with E-state index < -0.39 is 23.3 Å². The van der Waals surface area contributed by atoms with Gasteiger partial charge in [0.15, 0.2) is 5.78 Å². The number of hydrogen-bond acceptors (Lipinski definition) is 4. The van der Waals surface area contributed by atoms with Crippen LogP contribution in [0.2, 0.25) is 0 Å². The average Bonchev–Trinajstić information content (AvgIpc) is 3.15. The first-order valence-electron chi connectivity index (χ1n) is 8.37. The van der Waals surface area contributed by atoms with Crippen LogP contribution in [-0.2, 0) is 14.3 Å². The second-order valence-corrected chi connectivity index (χ2v) is 7.82. The van der Waals surface area contributed by atoms with Crippen LogP contribution in [-0.4, -0.2) is 35.7 Å². The highest BCUT2D eigenvalue weighted by atomic mass is 16.6. The van der Waals surface area contributed by atoms with Crippen LogP contribution in [0, 0.1) is 5.92 Å². The molecule has 5 nitrogen and oxygen atoms in total. The van der Waals surface area contributed by atoms with E-state index in [0.29, 0.717) is 18.9 Å². The highest BCUT2D eigenvalue weighted by Crippen LogP contribution is 2.33. The summed E-state index contributed by atoms with van der Waals surface area (Å²) in [5.74, 6) is 0.476. The Morgan fingerprint density at radius 3 is 2.36 bits per heavy atom. The fraction of sp³-hybridized carbons (Fsp3) is 0.882. The SMILES string of the molecule is CC(C)(C)OC(=O)NC(CC1CCCCC1)C(=O)C1(C)CO1. The summed E-state index contributed by atoms with van der Waals surface area (Å²) in [5, 5.41) is 2.78. The van der Waals surface area contributed by atoms with Gasteiger partial charge in [-0.25, -0.2) is 4.79 Å². The fourth-order valence-corrected chi connectivity index (χ4v) is 3.06. The Hall–Kier alpha value is -1.10. The van der Waals surface area contributed by atoms with E-state index in [4.69, 9.17) is 9.47 Å². The van der Waals surface area contributed by atoms with Gasteiger partial charge in [0.2, 0.25) is 0 Å². The van der Waals surface area contributed by atoms with Crippen molar-refractivity contribution in [3.63, 3.8) is 0 Å². The van der Waals surface area contributed by atoms with Crippen molar-refractivity contribution in [2.75, 3.05) is 6.61 Å². The molecule has 5 heteroatoms. The van der Waals surface area contributed by atoms with E-state index in [9.17, 15) is 9.59 Å². The lowest BCUT2D eigenvalue weighted by Crippen LogP contribution is -2.48. The molecule has 22 heavy (non-hydrogen) atoms. The maximum atomic E-state index is 12.6. The van der Waals surface area contributed by atoms with E-state index in [1.807, 2.05) is 20.8 Å². The van der Waals surface area contributed by atoms with Crippen LogP contribution in [0.15, 0.2) is 0 Å². The van der Waals surface area contributed by atoms with E-state index in [2.05, 4.69) is 5.32 Å². The molecule has 0 aromatic rings. The molecule has 2 fully saturated rings. The Labute approximate surface area is 133 Å². The molecular formula is C17H29NO4. The number of ketones is 1. The second kappa shape index (κ2) is 6.57. The normalized spacial score (nSPS) is 27.1. The zero-order valence-corrected chi connectivity index (χ0v) is 14.2. The predicted octanol–water partition coefficient (Wildman–Crippen LogP) is 3.21. The van der Waals surface area contributed by atoms with Crippen LogP contribution >= 0.6 is 0 Å². The van der Waals surface area contributed by atoms with Crippen LogP contribution in [0.4, 0.5) is 4.79 Å². The zero-order chi connectivity index (χ0) is 16.4. The zero-order valence-electron chi connectivity index (χ0n) is 14.2. The van der Waals surface area contributed by atoms with Gasteiger partial charge in [-0.2, -0.15) is 0 Å². The summed E-state index contributed by atoms with van der Waals surface area (Å²) in [4.78, 5) is 24.6. The summed E-state index contributed by atoms with van der Waals surface area (Å²) in [6.07, 6.45) is 6.14. The van der Waals surface area contributed by atoms with E-state index in [-0.39, 0.29) is 5.78 Å². The summed E-state index contributed by atoms with van der Waals surface area (Å²) >= 11 is 0. The quantitative estimate of drug-likeness (QED) is 0.792. The number of nitrogens with one attached hydrogen (secondary N) is 1. The van der Waals surface area contributed by atoms with Gasteiger partial charge in [0.1, 0.15) is 11.2 Å². The first-order valence-corrected chi connectivity index (χ1v) is 8.37. The molecule has 126 valence electrons. The van der Waals surface area contributed by atoms with Crippen molar-refractivity contribution in [1.82, 2.24) is 5.32 Å². The lowest BCUT2D eigenvalue weighted by molar-refractivity contribution is -0.126. The van der Waals surface area contributed by atoms with Crippen molar-refractivity contribution >= 4 is 11.9 Å². The van der Waals surface area contributed by atoms with Crippen molar-refractivity contribution in [1.29, 1.82) is 0 Å². The summed E-state index contributed by atoms with van der Waals surface area (Å²) < 4.78 is 10.6. The van der Waals surface area contributed by atoms with Gasteiger partial charge >= 0.3 is 6.09 Å². The molecule has 1 aliphatic carbocycles. The maximum absolute atomic E-state index is 12.6. The minimum atomic E-state index is -0.714. The van der Waals surface area contributed by atoms with Gasteiger partial charge in [-0.15, -0.1) is 0 Å². The summed E-state index contributed by atoms with van der Waals surface area (Å²) in [7, 11) is 0. The first-order chi connectivity index (χ1) is 10.2. The van der Waals surface area contributed by atoms with Crippen molar-refractivity contribution in [3.8, 4) is 0 Å². The number of epoxide rings is 1. The molecule has 0 spiro atoms. The highest BCUT2D eigenvalue weighted by Gasteiger charge is 2.50. The minimum Gasteiger partial charge on any atom is -0.444 e. The van der Waals surface area contributed by atoms with E-state index in [0.717, 1.165) is 12.8 Å². The topological polar surface area (TPSA) is 67.9 Å².